The Morgan fingerprint density at radius 1 is 1.38 bits per heavy atom. The molecule has 1 aromatic heterocycles. The quantitative estimate of drug-likeness (QED) is 0.863. The lowest BCUT2D eigenvalue weighted by Crippen LogP contribution is -2.60. The van der Waals surface area contributed by atoms with Crippen molar-refractivity contribution in [2.24, 2.45) is 5.92 Å². The first kappa shape index (κ1) is 15.2. The van der Waals surface area contributed by atoms with Crippen molar-refractivity contribution in [3.8, 4) is 0 Å². The summed E-state index contributed by atoms with van der Waals surface area (Å²) in [6, 6.07) is 8.18. The zero-order chi connectivity index (χ0) is 16.9. The van der Waals surface area contributed by atoms with E-state index >= 15 is 0 Å². The molecule has 0 bridgehead atoms. The molecule has 1 N–H and O–H groups in total. The highest BCUT2D eigenvalue weighted by Crippen LogP contribution is 2.48. The Labute approximate surface area is 141 Å². The number of fused-ring (bicyclic) bond motifs is 5. The van der Waals surface area contributed by atoms with Gasteiger partial charge in [-0.1, -0.05) is 18.2 Å². The molecule has 0 spiro atoms. The molecule has 5 heteroatoms. The molecule has 1 aromatic carbocycles. The van der Waals surface area contributed by atoms with Crippen LogP contribution in [0.5, 0.6) is 0 Å². The summed E-state index contributed by atoms with van der Waals surface area (Å²) >= 11 is 0. The van der Waals surface area contributed by atoms with Gasteiger partial charge in [0.05, 0.1) is 18.1 Å². The van der Waals surface area contributed by atoms with Crippen molar-refractivity contribution in [3.63, 3.8) is 0 Å². The van der Waals surface area contributed by atoms with E-state index in [9.17, 15) is 9.59 Å². The molecule has 4 rings (SSSR count). The normalized spacial score (nSPS) is 26.2. The Morgan fingerprint density at radius 3 is 2.96 bits per heavy atom. The summed E-state index contributed by atoms with van der Waals surface area (Å²) in [5.41, 5.74) is 2.63. The van der Waals surface area contributed by atoms with Gasteiger partial charge in [0.2, 0.25) is 5.91 Å². The molecule has 0 radical (unpaired) electrons. The SMILES string of the molecule is CCOC(=O)[C@H]1CCC(=O)N2CCc3c([nH]c4ccccc34)[C@]12C. The van der Waals surface area contributed by atoms with Crippen LogP contribution in [0.3, 0.4) is 0 Å². The van der Waals surface area contributed by atoms with Gasteiger partial charge in [-0.15, -0.1) is 0 Å². The summed E-state index contributed by atoms with van der Waals surface area (Å²) in [5, 5.41) is 1.19. The van der Waals surface area contributed by atoms with E-state index in [0.717, 1.165) is 17.6 Å². The minimum Gasteiger partial charge on any atom is -0.466 e. The molecular formula is C19H22N2O3. The molecule has 0 aliphatic carbocycles. The Bertz CT molecular complexity index is 825. The second-order valence-corrected chi connectivity index (χ2v) is 6.81. The first-order chi connectivity index (χ1) is 11.6. The van der Waals surface area contributed by atoms with Crippen LogP contribution >= 0.6 is 0 Å². The van der Waals surface area contributed by atoms with Crippen LogP contribution in [0.1, 0.15) is 37.9 Å². The third kappa shape index (κ3) is 1.93. The molecule has 0 saturated carbocycles. The molecule has 1 saturated heterocycles. The van der Waals surface area contributed by atoms with Crippen LogP contribution in [0.2, 0.25) is 0 Å². The smallest absolute Gasteiger partial charge is 0.311 e. The van der Waals surface area contributed by atoms with Gasteiger partial charge >= 0.3 is 5.97 Å². The third-order valence-corrected chi connectivity index (χ3v) is 5.66. The molecule has 3 heterocycles. The average molecular weight is 326 g/mol. The number of hydrogen-bond donors (Lipinski definition) is 1. The minimum atomic E-state index is -0.659. The van der Waals surface area contributed by atoms with Gasteiger partial charge in [-0.25, -0.2) is 0 Å². The lowest BCUT2D eigenvalue weighted by Gasteiger charge is -2.51. The number of carbonyl (C=O) groups excluding carboxylic acids is 2. The van der Waals surface area contributed by atoms with Crippen molar-refractivity contribution in [2.75, 3.05) is 13.2 Å². The van der Waals surface area contributed by atoms with Crippen molar-refractivity contribution >= 4 is 22.8 Å². The maximum atomic E-state index is 12.6. The predicted octanol–water partition coefficient (Wildman–Crippen LogP) is 2.74. The first-order valence-electron chi connectivity index (χ1n) is 8.64. The molecule has 5 nitrogen and oxygen atoms in total. The summed E-state index contributed by atoms with van der Waals surface area (Å²) in [6.45, 7) is 4.85. The molecule has 1 fully saturated rings. The fourth-order valence-electron chi connectivity index (χ4n) is 4.50. The van der Waals surface area contributed by atoms with Crippen molar-refractivity contribution < 1.29 is 14.3 Å². The van der Waals surface area contributed by atoms with Crippen molar-refractivity contribution in [1.29, 1.82) is 0 Å². The van der Waals surface area contributed by atoms with E-state index in [1.54, 1.807) is 0 Å². The largest absolute Gasteiger partial charge is 0.466 e. The lowest BCUT2D eigenvalue weighted by molar-refractivity contribution is -0.165. The molecule has 1 amide bonds. The summed E-state index contributed by atoms with van der Waals surface area (Å²) in [4.78, 5) is 30.5. The number of nitrogens with one attached hydrogen (secondary N) is 1. The van der Waals surface area contributed by atoms with E-state index in [1.807, 2.05) is 36.9 Å². The van der Waals surface area contributed by atoms with Crippen molar-refractivity contribution in [1.82, 2.24) is 9.88 Å². The van der Waals surface area contributed by atoms with Crippen LogP contribution in [0.15, 0.2) is 24.3 Å². The van der Waals surface area contributed by atoms with Crippen LogP contribution < -0.4 is 0 Å². The number of aromatic amines is 1. The van der Waals surface area contributed by atoms with Gasteiger partial charge in [0, 0.05) is 29.6 Å². The van der Waals surface area contributed by atoms with Gasteiger partial charge in [-0.2, -0.15) is 0 Å². The highest BCUT2D eigenvalue weighted by atomic mass is 16.5. The number of hydrogen-bond acceptors (Lipinski definition) is 3. The fourth-order valence-corrected chi connectivity index (χ4v) is 4.50. The second kappa shape index (κ2) is 5.36. The molecule has 2 aromatic rings. The summed E-state index contributed by atoms with van der Waals surface area (Å²) < 4.78 is 5.33. The maximum Gasteiger partial charge on any atom is 0.311 e. The van der Waals surface area contributed by atoms with Crippen molar-refractivity contribution in [3.05, 3.63) is 35.5 Å². The molecule has 0 unspecified atom stereocenters. The van der Waals surface area contributed by atoms with E-state index < -0.39 is 5.54 Å². The van der Waals surface area contributed by atoms with E-state index in [1.165, 1.54) is 10.9 Å². The van der Waals surface area contributed by atoms with Crippen molar-refractivity contribution in [2.45, 2.75) is 38.6 Å². The first-order valence-corrected chi connectivity index (χ1v) is 8.64. The average Bonchev–Trinajstić information content (AvgIpc) is 2.95. The Kier molecular flexibility index (Phi) is 3.41. The third-order valence-electron chi connectivity index (χ3n) is 5.66. The number of ether oxygens (including phenoxy) is 1. The van der Waals surface area contributed by atoms with Crippen LogP contribution in [0.25, 0.3) is 10.9 Å². The van der Waals surface area contributed by atoms with E-state index in [0.29, 0.717) is 26.0 Å². The van der Waals surface area contributed by atoms with Crippen LogP contribution in [0.4, 0.5) is 0 Å². The number of aromatic nitrogens is 1. The molecule has 24 heavy (non-hydrogen) atoms. The van der Waals surface area contributed by atoms with Gasteiger partial charge in [0.25, 0.3) is 0 Å². The number of carbonyl (C=O) groups is 2. The Morgan fingerprint density at radius 2 is 2.17 bits per heavy atom. The monoisotopic (exact) mass is 326 g/mol. The highest BCUT2D eigenvalue weighted by Gasteiger charge is 2.54. The predicted molar refractivity (Wildman–Crippen MR) is 90.4 cm³/mol. The molecule has 2 atom stereocenters. The number of benzene rings is 1. The Balaban J connectivity index is 1.91. The number of piperidine rings is 1. The zero-order valence-electron chi connectivity index (χ0n) is 14.1. The summed E-state index contributed by atoms with van der Waals surface area (Å²) in [6.07, 6.45) is 1.77. The molecular weight excluding hydrogens is 304 g/mol. The van der Waals surface area contributed by atoms with Gasteiger partial charge in [0.15, 0.2) is 0 Å². The molecule has 2 aliphatic heterocycles. The van der Waals surface area contributed by atoms with Crippen LogP contribution in [-0.4, -0.2) is 34.9 Å². The van der Waals surface area contributed by atoms with Gasteiger partial charge < -0.3 is 14.6 Å². The van der Waals surface area contributed by atoms with E-state index in [-0.39, 0.29) is 17.8 Å². The summed E-state index contributed by atoms with van der Waals surface area (Å²) in [5.74, 6) is -0.409. The molecule has 126 valence electrons. The topological polar surface area (TPSA) is 62.4 Å². The number of nitrogens with zero attached hydrogens (tertiary/aromatic N) is 1. The van der Waals surface area contributed by atoms with E-state index in [4.69, 9.17) is 4.74 Å². The minimum absolute atomic E-state index is 0.127. The molecule has 2 aliphatic rings. The van der Waals surface area contributed by atoms with Gasteiger partial charge in [0.1, 0.15) is 0 Å². The van der Waals surface area contributed by atoms with Gasteiger partial charge in [-0.3, -0.25) is 9.59 Å². The fraction of sp³-hybridized carbons (Fsp3) is 0.474. The van der Waals surface area contributed by atoms with Crippen LogP contribution in [0, 0.1) is 5.92 Å². The zero-order valence-corrected chi connectivity index (χ0v) is 14.1. The Hall–Kier alpha value is -2.30. The number of H-pyrrole nitrogens is 1. The standard InChI is InChI=1S/C19H22N2O3/c1-3-24-18(23)14-8-9-16(22)21-11-10-13-12-6-4-5-7-15(12)20-17(13)19(14,21)2/h4-7,14,20H,3,8-11H2,1-2H3/t14-,19+/m1/s1. The van der Waals surface area contributed by atoms with Crippen LogP contribution in [-0.2, 0) is 26.3 Å². The second-order valence-electron chi connectivity index (χ2n) is 6.81. The van der Waals surface area contributed by atoms with E-state index in [2.05, 4.69) is 11.1 Å². The van der Waals surface area contributed by atoms with Gasteiger partial charge in [-0.05, 0) is 38.3 Å². The number of rotatable bonds is 2. The lowest BCUT2D eigenvalue weighted by atomic mass is 9.71. The number of esters is 1. The number of para-hydroxylation sites is 1. The summed E-state index contributed by atoms with van der Waals surface area (Å²) in [7, 11) is 0. The number of amides is 1. The maximum absolute atomic E-state index is 12.6. The highest BCUT2D eigenvalue weighted by molar-refractivity contribution is 5.89.